The molecule has 0 bridgehead atoms. The van der Waals surface area contributed by atoms with E-state index in [2.05, 4.69) is 88.7 Å². The Kier molecular flexibility index (Phi) is 2.71. The molecule has 5 rings (SSSR count). The van der Waals surface area contributed by atoms with Crippen LogP contribution in [0.2, 0.25) is 0 Å². The smallest absolute Gasteiger partial charge is 0.129 e. The van der Waals surface area contributed by atoms with E-state index in [1.165, 1.54) is 28.1 Å². The number of benzene rings is 3. The molecule has 0 amide bonds. The van der Waals surface area contributed by atoms with Crippen LogP contribution in [0.4, 0.5) is 11.4 Å². The maximum Gasteiger partial charge on any atom is 0.129 e. The second kappa shape index (κ2) is 4.88. The van der Waals surface area contributed by atoms with Gasteiger partial charge in [0.15, 0.2) is 0 Å². The molecule has 0 aliphatic carbocycles. The molecule has 0 spiro atoms. The molecule has 23 heavy (non-hydrogen) atoms. The molecule has 0 radical (unpaired) electrons. The van der Waals surface area contributed by atoms with Crippen LogP contribution in [0.5, 0.6) is 0 Å². The van der Waals surface area contributed by atoms with Gasteiger partial charge in [0.05, 0.1) is 0 Å². The van der Waals surface area contributed by atoms with Crippen LogP contribution in [0, 0.1) is 0 Å². The van der Waals surface area contributed by atoms with Gasteiger partial charge in [-0.15, -0.1) is 0 Å². The van der Waals surface area contributed by atoms with E-state index >= 15 is 0 Å². The molecule has 112 valence electrons. The second-order valence-electron chi connectivity index (χ2n) is 6.20. The Morgan fingerprint density at radius 1 is 0.609 bits per heavy atom. The summed E-state index contributed by atoms with van der Waals surface area (Å²) in [6.07, 6.45) is 0.295. The Hall–Kier alpha value is -2.74. The fourth-order valence-corrected chi connectivity index (χ4v) is 4.03. The van der Waals surface area contributed by atoms with E-state index in [-0.39, 0.29) is 0 Å². The van der Waals surface area contributed by atoms with Crippen molar-refractivity contribution in [3.05, 3.63) is 84.4 Å². The molecule has 2 heteroatoms. The summed E-state index contributed by atoms with van der Waals surface area (Å²) in [5, 5.41) is 0. The fourth-order valence-electron chi connectivity index (χ4n) is 4.03. The number of fused-ring (bicyclic) bond motifs is 6. The largest absolute Gasteiger partial charge is 0.346 e. The predicted molar refractivity (Wildman–Crippen MR) is 95.8 cm³/mol. The lowest BCUT2D eigenvalue weighted by molar-refractivity contribution is 0.711. The molecule has 1 unspecified atom stereocenters. The molecule has 2 heterocycles. The summed E-state index contributed by atoms with van der Waals surface area (Å²) in [6, 6.07) is 28.4. The van der Waals surface area contributed by atoms with Crippen molar-refractivity contribution >= 4 is 11.4 Å². The van der Waals surface area contributed by atoms with Crippen molar-refractivity contribution in [2.45, 2.75) is 6.17 Å². The topological polar surface area (TPSA) is 6.48 Å². The summed E-state index contributed by atoms with van der Waals surface area (Å²) in [7, 11) is 0. The zero-order chi connectivity index (χ0) is 15.2. The van der Waals surface area contributed by atoms with E-state index in [0.29, 0.717) is 6.17 Å². The molecule has 2 nitrogen and oxygen atoms in total. The first-order valence-corrected chi connectivity index (χ1v) is 8.20. The highest BCUT2D eigenvalue weighted by Gasteiger charge is 2.39. The van der Waals surface area contributed by atoms with Gasteiger partial charge in [0.2, 0.25) is 0 Å². The molecular weight excluding hydrogens is 280 g/mol. The molecule has 0 saturated carbocycles. The van der Waals surface area contributed by atoms with Gasteiger partial charge in [0.25, 0.3) is 0 Å². The highest BCUT2D eigenvalue weighted by atomic mass is 15.4. The Morgan fingerprint density at radius 2 is 1.26 bits per heavy atom. The van der Waals surface area contributed by atoms with Gasteiger partial charge in [0, 0.05) is 35.6 Å². The summed E-state index contributed by atoms with van der Waals surface area (Å²) in [5.74, 6) is 0. The maximum absolute atomic E-state index is 2.55. The molecule has 1 atom stereocenters. The van der Waals surface area contributed by atoms with E-state index in [0.717, 1.165) is 13.1 Å². The van der Waals surface area contributed by atoms with Crippen LogP contribution >= 0.6 is 0 Å². The zero-order valence-electron chi connectivity index (χ0n) is 12.9. The van der Waals surface area contributed by atoms with Gasteiger partial charge in [-0.1, -0.05) is 60.7 Å². The lowest BCUT2D eigenvalue weighted by Gasteiger charge is -2.39. The van der Waals surface area contributed by atoms with Gasteiger partial charge in [-0.2, -0.15) is 0 Å². The number of para-hydroxylation sites is 2. The Labute approximate surface area is 136 Å². The molecule has 0 N–H and O–H groups in total. The van der Waals surface area contributed by atoms with E-state index < -0.39 is 0 Å². The summed E-state index contributed by atoms with van der Waals surface area (Å²) in [5.41, 5.74) is 6.79. The van der Waals surface area contributed by atoms with Crippen LogP contribution in [0.15, 0.2) is 78.9 Å². The number of nitrogens with zero attached hydrogens (tertiary/aromatic N) is 2. The first-order valence-electron chi connectivity index (χ1n) is 8.20. The van der Waals surface area contributed by atoms with Crippen LogP contribution < -0.4 is 9.80 Å². The van der Waals surface area contributed by atoms with Gasteiger partial charge in [-0.25, -0.2) is 0 Å². The van der Waals surface area contributed by atoms with E-state index in [4.69, 9.17) is 0 Å². The van der Waals surface area contributed by atoms with Crippen molar-refractivity contribution in [2.75, 3.05) is 22.9 Å². The number of rotatable bonds is 1. The highest BCUT2D eigenvalue weighted by Crippen LogP contribution is 2.48. The summed E-state index contributed by atoms with van der Waals surface area (Å²) in [6.45, 7) is 2.11. The molecule has 3 aromatic rings. The third-order valence-electron chi connectivity index (χ3n) is 5.00. The third kappa shape index (κ3) is 1.81. The van der Waals surface area contributed by atoms with Gasteiger partial charge >= 0.3 is 0 Å². The molecule has 2 aliphatic heterocycles. The third-order valence-corrected chi connectivity index (χ3v) is 5.00. The molecule has 0 aromatic heterocycles. The van der Waals surface area contributed by atoms with Crippen molar-refractivity contribution < 1.29 is 0 Å². The quantitative estimate of drug-likeness (QED) is 0.643. The van der Waals surface area contributed by atoms with Crippen molar-refractivity contribution in [1.82, 2.24) is 0 Å². The van der Waals surface area contributed by atoms with Crippen molar-refractivity contribution in [1.29, 1.82) is 0 Å². The van der Waals surface area contributed by atoms with E-state index in [1.54, 1.807) is 0 Å². The van der Waals surface area contributed by atoms with Crippen molar-refractivity contribution in [2.24, 2.45) is 0 Å². The number of hydrogen-bond acceptors (Lipinski definition) is 2. The summed E-state index contributed by atoms with van der Waals surface area (Å²) < 4.78 is 0. The van der Waals surface area contributed by atoms with Gasteiger partial charge in [-0.05, 0) is 23.8 Å². The Bertz CT molecular complexity index is 850. The average Bonchev–Trinajstić information content (AvgIpc) is 3.08. The summed E-state index contributed by atoms with van der Waals surface area (Å²) in [4.78, 5) is 5.07. The first kappa shape index (κ1) is 12.8. The minimum atomic E-state index is 0.295. The lowest BCUT2D eigenvalue weighted by Crippen LogP contribution is -2.33. The standard InChI is InChI=1S/C21H18N2/c1-2-8-16(9-3-1)22-14-15-23-20-13-7-6-11-18(20)17-10-4-5-12-19(17)21(22)23/h1-13,21H,14-15H2. The molecule has 1 saturated heterocycles. The Morgan fingerprint density at radius 3 is 2.13 bits per heavy atom. The van der Waals surface area contributed by atoms with Gasteiger partial charge < -0.3 is 9.80 Å². The predicted octanol–water partition coefficient (Wildman–Crippen LogP) is 4.69. The lowest BCUT2D eigenvalue weighted by atomic mass is 9.91. The first-order chi connectivity index (χ1) is 11.4. The highest BCUT2D eigenvalue weighted by molar-refractivity contribution is 5.86. The molecular formula is C21H18N2. The minimum absolute atomic E-state index is 0.295. The monoisotopic (exact) mass is 298 g/mol. The van der Waals surface area contributed by atoms with Crippen LogP contribution in [-0.2, 0) is 0 Å². The van der Waals surface area contributed by atoms with Crippen LogP contribution in [0.3, 0.4) is 0 Å². The van der Waals surface area contributed by atoms with Crippen LogP contribution in [0.25, 0.3) is 11.1 Å². The average molecular weight is 298 g/mol. The Balaban J connectivity index is 1.71. The van der Waals surface area contributed by atoms with Gasteiger partial charge in [-0.3, -0.25) is 0 Å². The van der Waals surface area contributed by atoms with E-state index in [9.17, 15) is 0 Å². The van der Waals surface area contributed by atoms with Gasteiger partial charge in [0.1, 0.15) is 6.17 Å². The molecule has 1 fully saturated rings. The minimum Gasteiger partial charge on any atom is -0.346 e. The number of hydrogen-bond donors (Lipinski definition) is 0. The zero-order valence-corrected chi connectivity index (χ0v) is 12.9. The van der Waals surface area contributed by atoms with E-state index in [1.807, 2.05) is 0 Å². The maximum atomic E-state index is 2.55. The molecule has 3 aromatic carbocycles. The normalized spacial score (nSPS) is 18.3. The van der Waals surface area contributed by atoms with Crippen LogP contribution in [-0.4, -0.2) is 13.1 Å². The fraction of sp³-hybridized carbons (Fsp3) is 0.143. The SMILES string of the molecule is c1ccc(N2CCN3c4ccccc4-c4ccccc4C23)cc1. The van der Waals surface area contributed by atoms with Crippen molar-refractivity contribution in [3.63, 3.8) is 0 Å². The number of anilines is 2. The second-order valence-corrected chi connectivity index (χ2v) is 6.20. The van der Waals surface area contributed by atoms with Crippen LogP contribution in [0.1, 0.15) is 11.7 Å². The summed E-state index contributed by atoms with van der Waals surface area (Å²) >= 11 is 0. The molecule has 2 aliphatic rings. The van der Waals surface area contributed by atoms with Crippen molar-refractivity contribution in [3.8, 4) is 11.1 Å².